The summed E-state index contributed by atoms with van der Waals surface area (Å²) in [5.41, 5.74) is 6.08. The number of nitrogens with two attached hydrogens (primary N) is 1. The molecule has 0 saturated carbocycles. The van der Waals surface area contributed by atoms with Crippen molar-refractivity contribution in [2.24, 2.45) is 5.73 Å². The summed E-state index contributed by atoms with van der Waals surface area (Å²) >= 11 is 0. The van der Waals surface area contributed by atoms with Crippen LogP contribution < -0.4 is 15.8 Å². The number of nitrogens with one attached hydrogen (secondary N) is 1. The number of amides is 1. The van der Waals surface area contributed by atoms with E-state index in [-0.39, 0.29) is 5.91 Å². The maximum Gasteiger partial charge on any atom is 0.237 e. The molecule has 1 atom stereocenters. The smallest absolute Gasteiger partial charge is 0.237 e. The highest BCUT2D eigenvalue weighted by Crippen LogP contribution is 2.24. The largest absolute Gasteiger partial charge is 0.493 e. The van der Waals surface area contributed by atoms with Crippen molar-refractivity contribution in [3.63, 3.8) is 0 Å². The van der Waals surface area contributed by atoms with E-state index in [9.17, 15) is 4.79 Å². The van der Waals surface area contributed by atoms with Gasteiger partial charge in [0, 0.05) is 6.42 Å². The van der Waals surface area contributed by atoms with Crippen molar-refractivity contribution in [2.45, 2.75) is 38.1 Å². The molecule has 4 heteroatoms. The SMILES string of the molecule is Cc1ccccc1OCCC1(C(N)=O)CCCCN1. The molecule has 1 aliphatic rings. The van der Waals surface area contributed by atoms with Gasteiger partial charge in [0.1, 0.15) is 11.3 Å². The van der Waals surface area contributed by atoms with E-state index in [4.69, 9.17) is 10.5 Å². The van der Waals surface area contributed by atoms with Crippen LogP contribution in [0, 0.1) is 6.92 Å². The van der Waals surface area contributed by atoms with Gasteiger partial charge in [-0.15, -0.1) is 0 Å². The lowest BCUT2D eigenvalue weighted by atomic mass is 9.85. The van der Waals surface area contributed by atoms with Gasteiger partial charge in [0.2, 0.25) is 5.91 Å². The molecule has 4 nitrogen and oxygen atoms in total. The third kappa shape index (κ3) is 3.26. The number of para-hydroxylation sites is 1. The summed E-state index contributed by atoms with van der Waals surface area (Å²) in [4.78, 5) is 11.7. The van der Waals surface area contributed by atoms with Crippen LogP contribution in [0.3, 0.4) is 0 Å². The molecule has 1 aliphatic heterocycles. The predicted octanol–water partition coefficient (Wildman–Crippen LogP) is 1.76. The van der Waals surface area contributed by atoms with Crippen molar-refractivity contribution < 1.29 is 9.53 Å². The van der Waals surface area contributed by atoms with Crippen LogP contribution in [0.5, 0.6) is 5.75 Å². The van der Waals surface area contributed by atoms with E-state index in [1.807, 2.05) is 31.2 Å². The third-order valence-electron chi connectivity index (χ3n) is 3.85. The molecule has 19 heavy (non-hydrogen) atoms. The number of carbonyl (C=O) groups is 1. The summed E-state index contributed by atoms with van der Waals surface area (Å²) in [6.45, 7) is 3.37. The number of rotatable bonds is 5. The first-order chi connectivity index (χ1) is 9.14. The minimum atomic E-state index is -0.582. The van der Waals surface area contributed by atoms with Gasteiger partial charge in [-0.3, -0.25) is 4.79 Å². The monoisotopic (exact) mass is 262 g/mol. The first-order valence-corrected chi connectivity index (χ1v) is 6.87. The number of hydrogen-bond acceptors (Lipinski definition) is 3. The number of hydrogen-bond donors (Lipinski definition) is 2. The zero-order chi connectivity index (χ0) is 13.7. The number of piperidine rings is 1. The van der Waals surface area contributed by atoms with Crippen LogP contribution in [0.4, 0.5) is 0 Å². The van der Waals surface area contributed by atoms with Crippen molar-refractivity contribution >= 4 is 5.91 Å². The van der Waals surface area contributed by atoms with E-state index < -0.39 is 5.54 Å². The average molecular weight is 262 g/mol. The Labute approximate surface area is 114 Å². The highest BCUT2D eigenvalue weighted by Gasteiger charge is 2.37. The van der Waals surface area contributed by atoms with Gasteiger partial charge in [-0.25, -0.2) is 0 Å². The standard InChI is InChI=1S/C15H22N2O2/c1-12-6-2-3-7-13(12)19-11-9-15(14(16)18)8-4-5-10-17-15/h2-3,6-7,17H,4-5,8-11H2,1H3,(H2,16,18). The van der Waals surface area contributed by atoms with Crippen LogP contribution in [0.2, 0.25) is 0 Å². The van der Waals surface area contributed by atoms with Crippen LogP contribution in [0.25, 0.3) is 0 Å². The summed E-state index contributed by atoms with van der Waals surface area (Å²) < 4.78 is 5.77. The molecular formula is C15H22N2O2. The minimum absolute atomic E-state index is 0.263. The summed E-state index contributed by atoms with van der Waals surface area (Å²) in [7, 11) is 0. The number of carbonyl (C=O) groups excluding carboxylic acids is 1. The zero-order valence-electron chi connectivity index (χ0n) is 11.4. The number of aryl methyl sites for hydroxylation is 1. The molecule has 2 rings (SSSR count). The molecule has 1 heterocycles. The van der Waals surface area contributed by atoms with Gasteiger partial charge in [-0.2, -0.15) is 0 Å². The Morgan fingerprint density at radius 3 is 2.84 bits per heavy atom. The van der Waals surface area contributed by atoms with Crippen LogP contribution >= 0.6 is 0 Å². The molecule has 0 radical (unpaired) electrons. The molecule has 0 aliphatic carbocycles. The van der Waals surface area contributed by atoms with E-state index in [0.717, 1.165) is 37.1 Å². The van der Waals surface area contributed by atoms with Gasteiger partial charge >= 0.3 is 0 Å². The third-order valence-corrected chi connectivity index (χ3v) is 3.85. The minimum Gasteiger partial charge on any atom is -0.493 e. The van der Waals surface area contributed by atoms with Gasteiger partial charge in [-0.05, 0) is 44.4 Å². The molecular weight excluding hydrogens is 240 g/mol. The van der Waals surface area contributed by atoms with Crippen molar-refractivity contribution in [3.05, 3.63) is 29.8 Å². The molecule has 1 amide bonds. The van der Waals surface area contributed by atoms with Gasteiger partial charge in [0.05, 0.1) is 6.61 Å². The number of benzene rings is 1. The zero-order valence-corrected chi connectivity index (χ0v) is 11.4. The number of ether oxygens (including phenoxy) is 1. The molecule has 1 aromatic rings. The Bertz CT molecular complexity index is 440. The Morgan fingerprint density at radius 1 is 1.42 bits per heavy atom. The van der Waals surface area contributed by atoms with E-state index in [2.05, 4.69) is 5.32 Å². The maximum atomic E-state index is 11.7. The van der Waals surface area contributed by atoms with E-state index in [1.54, 1.807) is 0 Å². The molecule has 1 unspecified atom stereocenters. The Balaban J connectivity index is 1.93. The lowest BCUT2D eigenvalue weighted by molar-refractivity contribution is -0.126. The normalized spacial score (nSPS) is 23.0. The van der Waals surface area contributed by atoms with Gasteiger partial charge in [0.15, 0.2) is 0 Å². The lowest BCUT2D eigenvalue weighted by Crippen LogP contribution is -2.58. The highest BCUT2D eigenvalue weighted by atomic mass is 16.5. The Hall–Kier alpha value is -1.55. The predicted molar refractivity (Wildman–Crippen MR) is 75.1 cm³/mol. The van der Waals surface area contributed by atoms with Crippen molar-refractivity contribution in [2.75, 3.05) is 13.2 Å². The van der Waals surface area contributed by atoms with Gasteiger partial charge in [-0.1, -0.05) is 18.2 Å². The second-order valence-electron chi connectivity index (χ2n) is 5.19. The molecule has 1 saturated heterocycles. The maximum absolute atomic E-state index is 11.7. The number of primary amides is 1. The van der Waals surface area contributed by atoms with Crippen molar-refractivity contribution in [1.29, 1.82) is 0 Å². The molecule has 0 aromatic heterocycles. The fraction of sp³-hybridized carbons (Fsp3) is 0.533. The molecule has 0 spiro atoms. The molecule has 1 fully saturated rings. The molecule has 104 valence electrons. The first-order valence-electron chi connectivity index (χ1n) is 6.87. The van der Waals surface area contributed by atoms with Crippen LogP contribution in [0.15, 0.2) is 24.3 Å². The second-order valence-corrected chi connectivity index (χ2v) is 5.19. The topological polar surface area (TPSA) is 64.3 Å². The molecule has 3 N–H and O–H groups in total. The fourth-order valence-electron chi connectivity index (χ4n) is 2.57. The van der Waals surface area contributed by atoms with E-state index in [1.165, 1.54) is 0 Å². The average Bonchev–Trinajstić information content (AvgIpc) is 2.42. The van der Waals surface area contributed by atoms with Crippen LogP contribution in [-0.2, 0) is 4.79 Å². The summed E-state index contributed by atoms with van der Waals surface area (Å²) in [5.74, 6) is 0.610. The van der Waals surface area contributed by atoms with E-state index in [0.29, 0.717) is 13.0 Å². The first kappa shape index (κ1) is 13.9. The molecule has 1 aromatic carbocycles. The van der Waals surface area contributed by atoms with Crippen molar-refractivity contribution in [3.8, 4) is 5.75 Å². The van der Waals surface area contributed by atoms with Crippen molar-refractivity contribution in [1.82, 2.24) is 5.32 Å². The highest BCUT2D eigenvalue weighted by molar-refractivity contribution is 5.84. The van der Waals surface area contributed by atoms with Gasteiger partial charge in [0.25, 0.3) is 0 Å². The van der Waals surface area contributed by atoms with Gasteiger partial charge < -0.3 is 15.8 Å². The fourth-order valence-corrected chi connectivity index (χ4v) is 2.57. The Morgan fingerprint density at radius 2 is 2.21 bits per heavy atom. The van der Waals surface area contributed by atoms with E-state index >= 15 is 0 Å². The molecule has 0 bridgehead atoms. The quantitative estimate of drug-likeness (QED) is 0.850. The summed E-state index contributed by atoms with van der Waals surface area (Å²) in [6.07, 6.45) is 3.57. The summed E-state index contributed by atoms with van der Waals surface area (Å²) in [6, 6.07) is 7.89. The summed E-state index contributed by atoms with van der Waals surface area (Å²) in [5, 5.41) is 3.28. The second kappa shape index (κ2) is 6.06. The van der Waals surface area contributed by atoms with Crippen LogP contribution in [0.1, 0.15) is 31.2 Å². The lowest BCUT2D eigenvalue weighted by Gasteiger charge is -2.35. The Kier molecular flexibility index (Phi) is 4.43. The van der Waals surface area contributed by atoms with Crippen LogP contribution in [-0.4, -0.2) is 24.6 Å².